The molecule has 2 nitrogen and oxygen atoms in total. The Morgan fingerprint density at radius 3 is 2.64 bits per heavy atom. The summed E-state index contributed by atoms with van der Waals surface area (Å²) >= 11 is 5.08. The number of aryl methyl sites for hydroxylation is 1. The van der Waals surface area contributed by atoms with Gasteiger partial charge >= 0.3 is 0 Å². The molecule has 0 unspecified atom stereocenters. The fourth-order valence-corrected chi connectivity index (χ4v) is 1.65. The number of nitrogens with one attached hydrogen (secondary N) is 1. The predicted molar refractivity (Wildman–Crippen MR) is 55.6 cm³/mol. The molecule has 1 heterocycles. The van der Waals surface area contributed by atoms with Crippen LogP contribution in [0.25, 0.3) is 5.69 Å². The quantitative estimate of drug-likeness (QED) is 0.714. The van der Waals surface area contributed by atoms with Crippen molar-refractivity contribution in [3.8, 4) is 5.69 Å². The molecule has 0 fully saturated rings. The summed E-state index contributed by atoms with van der Waals surface area (Å²) in [5.41, 5.74) is 1.36. The Labute approximate surface area is 86.0 Å². The highest BCUT2D eigenvalue weighted by atomic mass is 32.1. The molecule has 1 aromatic heterocycles. The van der Waals surface area contributed by atoms with E-state index in [4.69, 9.17) is 12.2 Å². The Morgan fingerprint density at radius 1 is 1.36 bits per heavy atom. The highest BCUT2D eigenvalue weighted by molar-refractivity contribution is 7.71. The summed E-state index contributed by atoms with van der Waals surface area (Å²) in [6.45, 7) is 1.88. The monoisotopic (exact) mass is 208 g/mol. The van der Waals surface area contributed by atoms with Gasteiger partial charge in [-0.1, -0.05) is 24.4 Å². The minimum atomic E-state index is -0.287. The molecule has 1 aromatic carbocycles. The van der Waals surface area contributed by atoms with E-state index < -0.39 is 0 Å². The van der Waals surface area contributed by atoms with Crippen molar-refractivity contribution >= 4 is 12.2 Å². The molecule has 0 spiro atoms. The van der Waals surface area contributed by atoms with Crippen LogP contribution in [-0.4, -0.2) is 9.78 Å². The number of hydrogen-bond donors (Lipinski definition) is 1. The van der Waals surface area contributed by atoms with Crippen LogP contribution in [0.3, 0.4) is 0 Å². The fraction of sp³-hybridized carbons (Fsp3) is 0.100. The van der Waals surface area contributed by atoms with Crippen LogP contribution >= 0.6 is 12.2 Å². The van der Waals surface area contributed by atoms with Gasteiger partial charge in [0, 0.05) is 5.69 Å². The molecule has 0 radical (unpaired) electrons. The Morgan fingerprint density at radius 2 is 2.07 bits per heavy atom. The lowest BCUT2D eigenvalue weighted by atomic mass is 10.3. The van der Waals surface area contributed by atoms with Crippen molar-refractivity contribution in [2.75, 3.05) is 0 Å². The third kappa shape index (κ3) is 1.48. The first-order valence-corrected chi connectivity index (χ1v) is 4.63. The molecule has 72 valence electrons. The van der Waals surface area contributed by atoms with Gasteiger partial charge in [-0.3, -0.25) is 5.10 Å². The molecule has 1 N–H and O–H groups in total. The third-order valence-electron chi connectivity index (χ3n) is 1.94. The maximum absolute atomic E-state index is 13.4. The Bertz CT molecular complexity index is 513. The standard InChI is InChI=1S/C10H9FN2S/c1-7-6-10(14)13(12-7)9-5-3-2-4-8(9)11/h2-6,12H,1H3. The second-order valence-corrected chi connectivity index (χ2v) is 3.48. The van der Waals surface area contributed by atoms with Crippen LogP contribution < -0.4 is 0 Å². The fourth-order valence-electron chi connectivity index (χ4n) is 1.33. The first-order chi connectivity index (χ1) is 6.68. The van der Waals surface area contributed by atoms with E-state index in [0.717, 1.165) is 5.69 Å². The van der Waals surface area contributed by atoms with E-state index in [-0.39, 0.29) is 5.82 Å². The highest BCUT2D eigenvalue weighted by Crippen LogP contribution is 2.13. The van der Waals surface area contributed by atoms with Crippen molar-refractivity contribution in [1.29, 1.82) is 0 Å². The third-order valence-corrected chi connectivity index (χ3v) is 2.24. The highest BCUT2D eigenvalue weighted by Gasteiger charge is 2.04. The van der Waals surface area contributed by atoms with Crippen molar-refractivity contribution in [3.05, 3.63) is 46.5 Å². The minimum Gasteiger partial charge on any atom is -0.297 e. The van der Waals surface area contributed by atoms with Gasteiger partial charge in [-0.2, -0.15) is 0 Å². The summed E-state index contributed by atoms with van der Waals surface area (Å²) in [6, 6.07) is 8.31. The Balaban J connectivity index is 2.66. The van der Waals surface area contributed by atoms with Gasteiger partial charge in [-0.15, -0.1) is 0 Å². The van der Waals surface area contributed by atoms with Crippen molar-refractivity contribution in [2.45, 2.75) is 6.92 Å². The van der Waals surface area contributed by atoms with Crippen LogP contribution in [-0.2, 0) is 0 Å². The molecule has 4 heteroatoms. The van der Waals surface area contributed by atoms with Crippen molar-refractivity contribution in [2.24, 2.45) is 0 Å². The number of para-hydroxylation sites is 1. The second-order valence-electron chi connectivity index (χ2n) is 3.06. The van der Waals surface area contributed by atoms with Crippen LogP contribution in [0.15, 0.2) is 30.3 Å². The molecule has 0 saturated heterocycles. The van der Waals surface area contributed by atoms with Crippen molar-refractivity contribution < 1.29 is 4.39 Å². The molecule has 0 atom stereocenters. The van der Waals surface area contributed by atoms with Crippen LogP contribution in [0.4, 0.5) is 4.39 Å². The first-order valence-electron chi connectivity index (χ1n) is 4.22. The lowest BCUT2D eigenvalue weighted by molar-refractivity contribution is 0.609. The lowest BCUT2D eigenvalue weighted by Gasteiger charge is -2.03. The van der Waals surface area contributed by atoms with Crippen molar-refractivity contribution in [3.63, 3.8) is 0 Å². The number of nitrogens with zero attached hydrogens (tertiary/aromatic N) is 1. The minimum absolute atomic E-state index is 0.287. The number of H-pyrrole nitrogens is 1. The molecule has 0 bridgehead atoms. The zero-order chi connectivity index (χ0) is 10.1. The van der Waals surface area contributed by atoms with Crippen LogP contribution in [0.1, 0.15) is 5.69 Å². The Hall–Kier alpha value is -1.42. The van der Waals surface area contributed by atoms with Crippen LogP contribution in [0, 0.1) is 17.4 Å². The average Bonchev–Trinajstić information content (AvgIpc) is 2.46. The molecule has 0 aliphatic carbocycles. The number of rotatable bonds is 1. The largest absolute Gasteiger partial charge is 0.297 e. The molecular formula is C10H9FN2S. The van der Waals surface area contributed by atoms with E-state index in [9.17, 15) is 4.39 Å². The van der Waals surface area contributed by atoms with Gasteiger partial charge in [-0.25, -0.2) is 9.07 Å². The predicted octanol–water partition coefficient (Wildman–Crippen LogP) is 2.98. The molecule has 0 saturated carbocycles. The van der Waals surface area contributed by atoms with E-state index in [1.807, 2.05) is 6.92 Å². The van der Waals surface area contributed by atoms with Gasteiger partial charge in [0.05, 0.1) is 5.69 Å². The van der Waals surface area contributed by atoms with Gasteiger partial charge in [0.1, 0.15) is 10.5 Å². The van der Waals surface area contributed by atoms with E-state index in [1.54, 1.807) is 28.9 Å². The van der Waals surface area contributed by atoms with Crippen LogP contribution in [0.2, 0.25) is 0 Å². The van der Waals surface area contributed by atoms with Gasteiger partial charge in [0.2, 0.25) is 0 Å². The molecule has 2 aromatic rings. The van der Waals surface area contributed by atoms with Crippen molar-refractivity contribution in [1.82, 2.24) is 9.78 Å². The molecule has 0 aliphatic heterocycles. The summed E-state index contributed by atoms with van der Waals surface area (Å²) in [7, 11) is 0. The van der Waals surface area contributed by atoms with Gasteiger partial charge in [0.25, 0.3) is 0 Å². The zero-order valence-electron chi connectivity index (χ0n) is 7.62. The van der Waals surface area contributed by atoms with Gasteiger partial charge in [0.15, 0.2) is 0 Å². The average molecular weight is 208 g/mol. The van der Waals surface area contributed by atoms with Gasteiger partial charge in [-0.05, 0) is 25.1 Å². The number of hydrogen-bond acceptors (Lipinski definition) is 1. The summed E-state index contributed by atoms with van der Waals surface area (Å²) < 4.78 is 15.5. The van der Waals surface area contributed by atoms with E-state index >= 15 is 0 Å². The van der Waals surface area contributed by atoms with E-state index in [2.05, 4.69) is 5.10 Å². The molecule has 2 rings (SSSR count). The van der Waals surface area contributed by atoms with Crippen LogP contribution in [0.5, 0.6) is 0 Å². The smallest absolute Gasteiger partial charge is 0.148 e. The number of aromatic nitrogens is 2. The molecule has 0 aliphatic rings. The number of halogens is 1. The zero-order valence-corrected chi connectivity index (χ0v) is 8.44. The molecular weight excluding hydrogens is 199 g/mol. The van der Waals surface area contributed by atoms with E-state index in [0.29, 0.717) is 10.3 Å². The maximum atomic E-state index is 13.4. The number of benzene rings is 1. The summed E-state index contributed by atoms with van der Waals surface area (Å²) in [5, 5.41) is 2.97. The lowest BCUT2D eigenvalue weighted by Crippen LogP contribution is -1.99. The maximum Gasteiger partial charge on any atom is 0.148 e. The Kier molecular flexibility index (Phi) is 2.21. The summed E-state index contributed by atoms with van der Waals surface area (Å²) in [6.07, 6.45) is 0. The normalized spacial score (nSPS) is 10.4. The first kappa shape index (κ1) is 9.15. The SMILES string of the molecule is Cc1cc(=S)n(-c2ccccc2F)[nH]1. The summed E-state index contributed by atoms with van der Waals surface area (Å²) in [5.74, 6) is -0.287. The second kappa shape index (κ2) is 3.38. The summed E-state index contributed by atoms with van der Waals surface area (Å²) in [4.78, 5) is 0. The topological polar surface area (TPSA) is 20.7 Å². The van der Waals surface area contributed by atoms with E-state index in [1.165, 1.54) is 6.07 Å². The van der Waals surface area contributed by atoms with Gasteiger partial charge < -0.3 is 0 Å². The number of aromatic amines is 1. The molecule has 14 heavy (non-hydrogen) atoms. The molecule has 0 amide bonds.